The van der Waals surface area contributed by atoms with Crippen molar-refractivity contribution in [3.05, 3.63) is 35.9 Å². The highest BCUT2D eigenvalue weighted by molar-refractivity contribution is 9.09. The lowest BCUT2D eigenvalue weighted by atomic mass is 10.2. The Morgan fingerprint density at radius 2 is 2.06 bits per heavy atom. The third-order valence-electron chi connectivity index (χ3n) is 2.43. The lowest BCUT2D eigenvalue weighted by Crippen LogP contribution is -2.32. The fourth-order valence-corrected chi connectivity index (χ4v) is 1.69. The Kier molecular flexibility index (Phi) is 7.44. The summed E-state index contributed by atoms with van der Waals surface area (Å²) in [5.41, 5.74) is 1.19. The molecule has 0 aromatic heterocycles. The van der Waals surface area contributed by atoms with Gasteiger partial charge in [-0.15, -0.1) is 0 Å². The zero-order valence-electron chi connectivity index (χ0n) is 10.2. The van der Waals surface area contributed by atoms with Crippen LogP contribution in [0.25, 0.3) is 0 Å². The van der Waals surface area contributed by atoms with Crippen LogP contribution in [0.4, 0.5) is 0 Å². The summed E-state index contributed by atoms with van der Waals surface area (Å²) >= 11 is 3.25. The predicted molar refractivity (Wildman–Crippen MR) is 73.4 cm³/mol. The molecular weight excluding hydrogens is 282 g/mol. The average molecular weight is 302 g/mol. The van der Waals surface area contributed by atoms with E-state index >= 15 is 0 Å². The van der Waals surface area contributed by atoms with Crippen LogP contribution in [-0.4, -0.2) is 48.2 Å². The molecule has 1 atom stereocenters. The van der Waals surface area contributed by atoms with E-state index in [2.05, 4.69) is 33.0 Å². The van der Waals surface area contributed by atoms with Crippen LogP contribution in [0.3, 0.4) is 0 Å². The molecular formula is C13H20BrNO2. The van der Waals surface area contributed by atoms with Crippen LogP contribution in [0, 0.1) is 0 Å². The van der Waals surface area contributed by atoms with Crippen molar-refractivity contribution in [1.82, 2.24) is 4.90 Å². The molecule has 0 radical (unpaired) electrons. The van der Waals surface area contributed by atoms with E-state index in [-0.39, 0.29) is 6.10 Å². The fraction of sp³-hybridized carbons (Fsp3) is 0.538. The number of benzene rings is 1. The van der Waals surface area contributed by atoms with Crippen LogP contribution in [0.5, 0.6) is 0 Å². The van der Waals surface area contributed by atoms with E-state index in [9.17, 15) is 5.11 Å². The largest absolute Gasteiger partial charge is 0.391 e. The number of ether oxygens (including phenoxy) is 1. The minimum atomic E-state index is -0.311. The Balaban J connectivity index is 2.08. The first-order valence-corrected chi connectivity index (χ1v) is 6.88. The number of likely N-dealkylation sites (N-methyl/N-ethyl adjacent to an activating group) is 1. The molecule has 1 aromatic rings. The van der Waals surface area contributed by atoms with E-state index in [1.807, 2.05) is 25.2 Å². The van der Waals surface area contributed by atoms with Crippen molar-refractivity contribution in [2.75, 3.05) is 32.1 Å². The van der Waals surface area contributed by atoms with Crippen LogP contribution >= 0.6 is 15.9 Å². The van der Waals surface area contributed by atoms with Crippen molar-refractivity contribution in [2.24, 2.45) is 0 Å². The van der Waals surface area contributed by atoms with E-state index in [4.69, 9.17) is 4.74 Å². The molecule has 0 saturated heterocycles. The molecule has 0 heterocycles. The third kappa shape index (κ3) is 6.78. The SMILES string of the molecule is CN(CCOCc1ccccc1)CC(O)CBr. The summed E-state index contributed by atoms with van der Waals surface area (Å²) in [4.78, 5) is 2.07. The molecule has 0 amide bonds. The van der Waals surface area contributed by atoms with E-state index in [0.29, 0.717) is 25.1 Å². The second kappa shape index (κ2) is 8.64. The van der Waals surface area contributed by atoms with Crippen molar-refractivity contribution < 1.29 is 9.84 Å². The Morgan fingerprint density at radius 1 is 1.35 bits per heavy atom. The first kappa shape index (κ1) is 14.6. The molecule has 4 heteroatoms. The Bertz CT molecular complexity index is 295. The van der Waals surface area contributed by atoms with Gasteiger partial charge in [-0.2, -0.15) is 0 Å². The second-order valence-corrected chi connectivity index (χ2v) is 4.76. The first-order valence-electron chi connectivity index (χ1n) is 5.76. The molecule has 1 rings (SSSR count). The van der Waals surface area contributed by atoms with Gasteiger partial charge in [-0.25, -0.2) is 0 Å². The highest BCUT2D eigenvalue weighted by Gasteiger charge is 2.05. The second-order valence-electron chi connectivity index (χ2n) is 4.11. The summed E-state index contributed by atoms with van der Waals surface area (Å²) in [7, 11) is 1.98. The zero-order valence-corrected chi connectivity index (χ0v) is 11.8. The predicted octanol–water partition coefficient (Wildman–Crippen LogP) is 1.89. The molecule has 17 heavy (non-hydrogen) atoms. The maximum absolute atomic E-state index is 9.43. The molecule has 0 aliphatic carbocycles. The Hall–Kier alpha value is -0.420. The van der Waals surface area contributed by atoms with Gasteiger partial charge < -0.3 is 14.7 Å². The zero-order chi connectivity index (χ0) is 12.5. The fourth-order valence-electron chi connectivity index (χ4n) is 1.48. The van der Waals surface area contributed by atoms with Gasteiger partial charge in [0.15, 0.2) is 0 Å². The van der Waals surface area contributed by atoms with E-state index in [0.717, 1.165) is 6.54 Å². The maximum atomic E-state index is 9.43. The van der Waals surface area contributed by atoms with Gasteiger partial charge >= 0.3 is 0 Å². The summed E-state index contributed by atoms with van der Waals surface area (Å²) in [6, 6.07) is 10.1. The van der Waals surface area contributed by atoms with Crippen LogP contribution in [0.1, 0.15) is 5.56 Å². The number of hydrogen-bond donors (Lipinski definition) is 1. The lowest BCUT2D eigenvalue weighted by molar-refractivity contribution is 0.0827. The van der Waals surface area contributed by atoms with Gasteiger partial charge in [0.1, 0.15) is 0 Å². The summed E-state index contributed by atoms with van der Waals surface area (Å²) in [6.07, 6.45) is -0.311. The van der Waals surface area contributed by atoms with Crippen molar-refractivity contribution in [3.63, 3.8) is 0 Å². The van der Waals surface area contributed by atoms with Gasteiger partial charge in [0.2, 0.25) is 0 Å². The molecule has 0 bridgehead atoms. The number of alkyl halides is 1. The lowest BCUT2D eigenvalue weighted by Gasteiger charge is -2.19. The monoisotopic (exact) mass is 301 g/mol. The average Bonchev–Trinajstić information content (AvgIpc) is 2.36. The van der Waals surface area contributed by atoms with Gasteiger partial charge in [-0.1, -0.05) is 46.3 Å². The Morgan fingerprint density at radius 3 is 2.71 bits per heavy atom. The number of aliphatic hydroxyl groups is 1. The number of hydrogen-bond acceptors (Lipinski definition) is 3. The van der Waals surface area contributed by atoms with Gasteiger partial charge in [0, 0.05) is 18.4 Å². The first-order chi connectivity index (χ1) is 8.22. The van der Waals surface area contributed by atoms with Crippen molar-refractivity contribution in [1.29, 1.82) is 0 Å². The van der Waals surface area contributed by atoms with E-state index < -0.39 is 0 Å². The van der Waals surface area contributed by atoms with Gasteiger partial charge in [-0.05, 0) is 12.6 Å². The number of rotatable bonds is 8. The molecule has 0 aliphatic heterocycles. The quantitative estimate of drug-likeness (QED) is 0.588. The molecule has 96 valence electrons. The molecule has 3 nitrogen and oxygen atoms in total. The van der Waals surface area contributed by atoms with Crippen LogP contribution in [0.2, 0.25) is 0 Å². The van der Waals surface area contributed by atoms with E-state index in [1.54, 1.807) is 0 Å². The van der Waals surface area contributed by atoms with Gasteiger partial charge in [-0.3, -0.25) is 0 Å². The molecule has 0 spiro atoms. The van der Waals surface area contributed by atoms with Gasteiger partial charge in [0.25, 0.3) is 0 Å². The smallest absolute Gasteiger partial charge is 0.0763 e. The van der Waals surface area contributed by atoms with Crippen LogP contribution in [0.15, 0.2) is 30.3 Å². The molecule has 1 N–H and O–H groups in total. The minimum Gasteiger partial charge on any atom is -0.391 e. The van der Waals surface area contributed by atoms with Crippen LogP contribution in [-0.2, 0) is 11.3 Å². The number of halogens is 1. The number of aliphatic hydroxyl groups excluding tert-OH is 1. The standard InChI is InChI=1S/C13H20BrNO2/c1-15(10-13(16)9-14)7-8-17-11-12-5-3-2-4-6-12/h2-6,13,16H,7-11H2,1H3. The normalized spacial score (nSPS) is 12.9. The Labute approximate surface area is 112 Å². The molecule has 0 saturated carbocycles. The van der Waals surface area contributed by atoms with Crippen molar-refractivity contribution >= 4 is 15.9 Å². The summed E-state index contributed by atoms with van der Waals surface area (Å²) in [6.45, 7) is 2.83. The molecule has 1 aromatic carbocycles. The van der Waals surface area contributed by atoms with Crippen molar-refractivity contribution in [2.45, 2.75) is 12.7 Å². The topological polar surface area (TPSA) is 32.7 Å². The molecule has 0 aliphatic rings. The van der Waals surface area contributed by atoms with Gasteiger partial charge in [0.05, 0.1) is 19.3 Å². The third-order valence-corrected chi connectivity index (χ3v) is 3.18. The maximum Gasteiger partial charge on any atom is 0.0763 e. The minimum absolute atomic E-state index is 0.311. The number of nitrogens with zero attached hydrogens (tertiary/aromatic N) is 1. The van der Waals surface area contributed by atoms with E-state index in [1.165, 1.54) is 5.56 Å². The molecule has 1 unspecified atom stereocenters. The molecule has 0 fully saturated rings. The van der Waals surface area contributed by atoms with Crippen LogP contribution < -0.4 is 0 Å². The highest BCUT2D eigenvalue weighted by atomic mass is 79.9. The summed E-state index contributed by atoms with van der Waals surface area (Å²) in [5.74, 6) is 0. The summed E-state index contributed by atoms with van der Waals surface area (Å²) < 4.78 is 5.57. The summed E-state index contributed by atoms with van der Waals surface area (Å²) in [5, 5.41) is 10.0. The highest BCUT2D eigenvalue weighted by Crippen LogP contribution is 2.00. The van der Waals surface area contributed by atoms with Crippen molar-refractivity contribution in [3.8, 4) is 0 Å².